The summed E-state index contributed by atoms with van der Waals surface area (Å²) in [6, 6.07) is 11.0. The van der Waals surface area contributed by atoms with Gasteiger partial charge >= 0.3 is 0 Å². The van der Waals surface area contributed by atoms with Crippen molar-refractivity contribution in [3.8, 4) is 11.3 Å². The lowest BCUT2D eigenvalue weighted by Crippen LogP contribution is -2.40. The zero-order chi connectivity index (χ0) is 24.3. The molecule has 1 aliphatic rings. The van der Waals surface area contributed by atoms with Gasteiger partial charge in [-0.15, -0.1) is 11.3 Å². The quantitative estimate of drug-likeness (QED) is 0.523. The topological polar surface area (TPSA) is 88.6 Å². The molecule has 2 aromatic carbocycles. The molecule has 0 saturated carbocycles. The van der Waals surface area contributed by atoms with Crippen LogP contribution in [0.5, 0.6) is 0 Å². The number of amides is 1. The van der Waals surface area contributed by atoms with Crippen LogP contribution in [0.1, 0.15) is 28.7 Å². The largest absolute Gasteiger partial charge is 0.379 e. The van der Waals surface area contributed by atoms with Gasteiger partial charge in [-0.2, -0.15) is 4.31 Å². The maximum atomic E-state index is 12.7. The normalized spacial score (nSPS) is 14.8. The predicted molar refractivity (Wildman–Crippen MR) is 135 cm³/mol. The van der Waals surface area contributed by atoms with Crippen molar-refractivity contribution >= 4 is 32.4 Å². The number of benzene rings is 2. The highest BCUT2D eigenvalue weighted by atomic mass is 32.2. The maximum Gasteiger partial charge on any atom is 0.243 e. The Kier molecular flexibility index (Phi) is 7.47. The molecule has 34 heavy (non-hydrogen) atoms. The van der Waals surface area contributed by atoms with Crippen LogP contribution < -0.4 is 5.32 Å². The molecule has 3 aromatic rings. The monoisotopic (exact) mass is 499 g/mol. The average Bonchev–Trinajstić information content (AvgIpc) is 3.25. The number of nitrogens with zero attached hydrogens (tertiary/aromatic N) is 2. The third kappa shape index (κ3) is 5.55. The summed E-state index contributed by atoms with van der Waals surface area (Å²) in [5, 5.41) is 5.43. The Labute approximate surface area is 204 Å². The molecule has 1 aromatic heterocycles. The van der Waals surface area contributed by atoms with Gasteiger partial charge in [0.15, 0.2) is 5.13 Å². The van der Waals surface area contributed by atoms with E-state index < -0.39 is 10.0 Å². The van der Waals surface area contributed by atoms with Crippen LogP contribution >= 0.6 is 11.3 Å². The Morgan fingerprint density at radius 1 is 1.09 bits per heavy atom. The molecule has 0 bridgehead atoms. The molecule has 180 valence electrons. The van der Waals surface area contributed by atoms with Crippen molar-refractivity contribution in [3.63, 3.8) is 0 Å². The number of rotatable bonds is 7. The van der Waals surface area contributed by atoms with Gasteiger partial charge in [-0.25, -0.2) is 13.4 Å². The van der Waals surface area contributed by atoms with Gasteiger partial charge in [-0.1, -0.05) is 29.8 Å². The first-order chi connectivity index (χ1) is 16.2. The minimum atomic E-state index is -3.51. The summed E-state index contributed by atoms with van der Waals surface area (Å²) in [6.07, 6.45) is 0.797. The molecule has 0 unspecified atom stereocenters. The van der Waals surface area contributed by atoms with E-state index in [0.717, 1.165) is 16.8 Å². The second-order valence-electron chi connectivity index (χ2n) is 8.52. The van der Waals surface area contributed by atoms with Gasteiger partial charge in [-0.3, -0.25) is 4.79 Å². The number of anilines is 1. The number of aryl methyl sites for hydroxylation is 4. The Morgan fingerprint density at radius 2 is 1.74 bits per heavy atom. The number of carbonyl (C=O) groups excluding carboxylic acids is 1. The Hall–Kier alpha value is -2.59. The first-order valence-electron chi connectivity index (χ1n) is 11.2. The van der Waals surface area contributed by atoms with E-state index in [0.29, 0.717) is 37.9 Å². The van der Waals surface area contributed by atoms with E-state index in [-0.39, 0.29) is 17.2 Å². The van der Waals surface area contributed by atoms with Crippen molar-refractivity contribution in [2.75, 3.05) is 31.6 Å². The second kappa shape index (κ2) is 10.4. The fourth-order valence-electron chi connectivity index (χ4n) is 4.23. The Balaban J connectivity index is 1.34. The minimum absolute atomic E-state index is 0.122. The number of thiazole rings is 1. The van der Waals surface area contributed by atoms with Crippen molar-refractivity contribution in [2.24, 2.45) is 0 Å². The molecule has 9 heteroatoms. The van der Waals surface area contributed by atoms with Crippen LogP contribution in [0.3, 0.4) is 0 Å². The number of carbonyl (C=O) groups is 1. The minimum Gasteiger partial charge on any atom is -0.379 e. The van der Waals surface area contributed by atoms with Crippen LogP contribution in [0.2, 0.25) is 0 Å². The molecular formula is C25H29N3O4S2. The van der Waals surface area contributed by atoms with Gasteiger partial charge in [0.2, 0.25) is 15.9 Å². The number of nitrogens with one attached hydrogen (secondary N) is 1. The van der Waals surface area contributed by atoms with E-state index in [1.807, 2.05) is 5.38 Å². The molecule has 1 N–H and O–H groups in total. The van der Waals surface area contributed by atoms with E-state index in [4.69, 9.17) is 4.74 Å². The van der Waals surface area contributed by atoms with Gasteiger partial charge in [0, 0.05) is 30.5 Å². The van der Waals surface area contributed by atoms with Gasteiger partial charge in [0.1, 0.15) is 0 Å². The van der Waals surface area contributed by atoms with Gasteiger partial charge in [0.25, 0.3) is 0 Å². The van der Waals surface area contributed by atoms with Gasteiger partial charge in [0.05, 0.1) is 23.8 Å². The number of hydrogen-bond acceptors (Lipinski definition) is 6. The van der Waals surface area contributed by atoms with E-state index in [1.54, 1.807) is 24.3 Å². The molecule has 1 saturated heterocycles. The van der Waals surface area contributed by atoms with E-state index in [1.165, 1.54) is 32.3 Å². The summed E-state index contributed by atoms with van der Waals surface area (Å²) in [6.45, 7) is 7.79. The van der Waals surface area contributed by atoms with Crippen molar-refractivity contribution in [1.29, 1.82) is 0 Å². The lowest BCUT2D eigenvalue weighted by atomic mass is 9.98. The number of aromatic nitrogens is 1. The van der Waals surface area contributed by atoms with Gasteiger partial charge in [-0.05, 0) is 56.0 Å². The fraction of sp³-hybridized carbons (Fsp3) is 0.360. The van der Waals surface area contributed by atoms with Crippen LogP contribution in [-0.4, -0.2) is 49.9 Å². The SMILES string of the molecule is Cc1cc(C)c(-c2csc(NC(=O)CCc3ccc(S(=O)(=O)N4CCOCC4)cc3)n2)c(C)c1. The van der Waals surface area contributed by atoms with Crippen molar-refractivity contribution < 1.29 is 17.9 Å². The Bertz CT molecular complexity index is 1250. The predicted octanol–water partition coefficient (Wildman–Crippen LogP) is 4.33. The van der Waals surface area contributed by atoms with E-state index >= 15 is 0 Å². The molecule has 4 rings (SSSR count). The Morgan fingerprint density at radius 3 is 2.38 bits per heavy atom. The van der Waals surface area contributed by atoms with Crippen LogP contribution in [0.15, 0.2) is 46.7 Å². The fourth-order valence-corrected chi connectivity index (χ4v) is 6.36. The summed E-state index contributed by atoms with van der Waals surface area (Å²) in [7, 11) is -3.51. The number of sulfonamides is 1. The molecule has 1 amide bonds. The zero-order valence-electron chi connectivity index (χ0n) is 19.6. The molecule has 0 spiro atoms. The van der Waals surface area contributed by atoms with Gasteiger partial charge < -0.3 is 10.1 Å². The number of morpholine rings is 1. The molecule has 0 atom stereocenters. The highest BCUT2D eigenvalue weighted by Gasteiger charge is 2.26. The lowest BCUT2D eigenvalue weighted by molar-refractivity contribution is -0.116. The standard InChI is InChI=1S/C25H29N3O4S2/c1-17-14-18(2)24(19(3)15-17)22-16-33-25(26-22)27-23(29)9-6-20-4-7-21(8-5-20)34(30,31)28-10-12-32-13-11-28/h4-5,7-8,14-16H,6,9-13H2,1-3H3,(H,26,27,29). The summed E-state index contributed by atoms with van der Waals surface area (Å²) < 4.78 is 32.1. The van der Waals surface area contributed by atoms with Crippen LogP contribution in [-0.2, 0) is 26.0 Å². The smallest absolute Gasteiger partial charge is 0.243 e. The molecule has 0 aliphatic carbocycles. The second-order valence-corrected chi connectivity index (χ2v) is 11.3. The first kappa shape index (κ1) is 24.5. The molecule has 0 radical (unpaired) electrons. The zero-order valence-corrected chi connectivity index (χ0v) is 21.3. The maximum absolute atomic E-state index is 12.7. The highest BCUT2D eigenvalue weighted by molar-refractivity contribution is 7.89. The van der Waals surface area contributed by atoms with E-state index in [2.05, 4.69) is 43.2 Å². The lowest BCUT2D eigenvalue weighted by Gasteiger charge is -2.26. The first-order valence-corrected chi connectivity index (χ1v) is 13.6. The van der Waals surface area contributed by atoms with Crippen LogP contribution in [0.4, 0.5) is 5.13 Å². The summed E-state index contributed by atoms with van der Waals surface area (Å²) in [4.78, 5) is 17.4. The van der Waals surface area contributed by atoms with Crippen LogP contribution in [0, 0.1) is 20.8 Å². The highest BCUT2D eigenvalue weighted by Crippen LogP contribution is 2.31. The molecule has 1 fully saturated rings. The van der Waals surface area contributed by atoms with Crippen molar-refractivity contribution in [1.82, 2.24) is 9.29 Å². The number of hydrogen-bond donors (Lipinski definition) is 1. The van der Waals surface area contributed by atoms with Crippen molar-refractivity contribution in [3.05, 3.63) is 64.0 Å². The third-order valence-electron chi connectivity index (χ3n) is 5.86. The van der Waals surface area contributed by atoms with E-state index in [9.17, 15) is 13.2 Å². The molecule has 7 nitrogen and oxygen atoms in total. The summed E-state index contributed by atoms with van der Waals surface area (Å²) in [5.41, 5.74) is 6.43. The third-order valence-corrected chi connectivity index (χ3v) is 8.53. The van der Waals surface area contributed by atoms with Crippen molar-refractivity contribution in [2.45, 2.75) is 38.5 Å². The average molecular weight is 500 g/mol. The summed E-state index contributed by atoms with van der Waals surface area (Å²) in [5.74, 6) is -0.122. The molecule has 2 heterocycles. The summed E-state index contributed by atoms with van der Waals surface area (Å²) >= 11 is 1.41. The van der Waals surface area contributed by atoms with Crippen LogP contribution in [0.25, 0.3) is 11.3 Å². The number of ether oxygens (including phenoxy) is 1. The molecule has 1 aliphatic heterocycles. The molecular weight excluding hydrogens is 470 g/mol.